The van der Waals surface area contributed by atoms with Crippen LogP contribution in [0.2, 0.25) is 0 Å². The predicted molar refractivity (Wildman–Crippen MR) is 106 cm³/mol. The number of rotatable bonds is 6. The number of aromatic amines is 1. The van der Waals surface area contributed by atoms with Crippen molar-refractivity contribution in [3.8, 4) is 11.3 Å². The van der Waals surface area contributed by atoms with Gasteiger partial charge in [-0.3, -0.25) is 9.89 Å². The molecular formula is C20H20N4O3S. The van der Waals surface area contributed by atoms with Crippen LogP contribution in [0.1, 0.15) is 38.8 Å². The Kier molecular flexibility index (Phi) is 4.97. The number of carbonyl (C=O) groups is 2. The molecule has 0 saturated heterocycles. The van der Waals surface area contributed by atoms with Crippen LogP contribution in [-0.2, 0) is 17.9 Å². The summed E-state index contributed by atoms with van der Waals surface area (Å²) >= 11 is 1.58. The molecule has 1 atom stereocenters. The standard InChI is InChI=1S/C20H20N4O3S/c21-8-7-14(17-2-1-9-28-17)19(25)24-10-15-16(11-24)22-23-18(15)12-3-5-13(6-4-12)20(26)27/h1-6,9,14H,7-8,10-11,21H2,(H,22,23)(H,26,27). The Morgan fingerprint density at radius 2 is 2.04 bits per heavy atom. The molecule has 0 aliphatic carbocycles. The number of carboxylic acids is 1. The molecule has 4 N–H and O–H groups in total. The molecule has 1 aromatic carbocycles. The van der Waals surface area contributed by atoms with E-state index < -0.39 is 5.97 Å². The molecule has 0 fully saturated rings. The molecule has 1 unspecified atom stereocenters. The van der Waals surface area contributed by atoms with Crippen LogP contribution in [0.15, 0.2) is 41.8 Å². The Hall–Kier alpha value is -2.97. The number of H-pyrrole nitrogens is 1. The van der Waals surface area contributed by atoms with E-state index in [1.165, 1.54) is 0 Å². The number of nitrogens with zero attached hydrogens (tertiary/aromatic N) is 2. The quantitative estimate of drug-likeness (QED) is 0.593. The van der Waals surface area contributed by atoms with Crippen LogP contribution in [0.4, 0.5) is 0 Å². The molecule has 1 aliphatic rings. The topological polar surface area (TPSA) is 112 Å². The van der Waals surface area contributed by atoms with E-state index in [0.29, 0.717) is 26.1 Å². The van der Waals surface area contributed by atoms with Gasteiger partial charge in [0.15, 0.2) is 0 Å². The van der Waals surface area contributed by atoms with Gasteiger partial charge in [0, 0.05) is 16.0 Å². The number of aromatic carboxylic acids is 1. The molecule has 144 valence electrons. The summed E-state index contributed by atoms with van der Waals surface area (Å²) in [7, 11) is 0. The van der Waals surface area contributed by atoms with Gasteiger partial charge in [-0.15, -0.1) is 11.3 Å². The van der Waals surface area contributed by atoms with Crippen LogP contribution in [0.25, 0.3) is 11.3 Å². The molecule has 4 rings (SSSR count). The van der Waals surface area contributed by atoms with Gasteiger partial charge >= 0.3 is 5.97 Å². The van der Waals surface area contributed by atoms with Crippen molar-refractivity contribution >= 4 is 23.2 Å². The van der Waals surface area contributed by atoms with Crippen molar-refractivity contribution in [2.24, 2.45) is 5.73 Å². The number of hydrogen-bond acceptors (Lipinski definition) is 5. The lowest BCUT2D eigenvalue weighted by Gasteiger charge is -2.22. The third-order valence-electron chi connectivity index (χ3n) is 5.01. The number of carboxylic acid groups (broad SMARTS) is 1. The van der Waals surface area contributed by atoms with Crippen LogP contribution in [0.3, 0.4) is 0 Å². The largest absolute Gasteiger partial charge is 0.478 e. The summed E-state index contributed by atoms with van der Waals surface area (Å²) in [6, 6.07) is 10.5. The number of fused-ring (bicyclic) bond motifs is 1. The molecule has 28 heavy (non-hydrogen) atoms. The Morgan fingerprint density at radius 1 is 1.25 bits per heavy atom. The van der Waals surface area contributed by atoms with E-state index in [4.69, 9.17) is 10.8 Å². The van der Waals surface area contributed by atoms with E-state index >= 15 is 0 Å². The summed E-state index contributed by atoms with van der Waals surface area (Å²) < 4.78 is 0. The van der Waals surface area contributed by atoms with Crippen molar-refractivity contribution in [1.82, 2.24) is 15.1 Å². The first-order valence-corrected chi connectivity index (χ1v) is 9.88. The summed E-state index contributed by atoms with van der Waals surface area (Å²) in [5.74, 6) is -1.11. The van der Waals surface area contributed by atoms with Gasteiger partial charge in [0.1, 0.15) is 0 Å². The highest BCUT2D eigenvalue weighted by Crippen LogP contribution is 2.34. The number of amides is 1. The Bertz CT molecular complexity index is 995. The molecule has 2 aromatic heterocycles. The van der Waals surface area contributed by atoms with Gasteiger partial charge in [0.25, 0.3) is 0 Å². The molecule has 0 bridgehead atoms. The first kappa shape index (κ1) is 18.4. The lowest BCUT2D eigenvalue weighted by Crippen LogP contribution is -2.32. The highest BCUT2D eigenvalue weighted by atomic mass is 32.1. The molecule has 0 radical (unpaired) electrons. The van der Waals surface area contributed by atoms with Crippen LogP contribution in [-0.4, -0.2) is 38.6 Å². The lowest BCUT2D eigenvalue weighted by atomic mass is 10.0. The van der Waals surface area contributed by atoms with Crippen LogP contribution < -0.4 is 5.73 Å². The van der Waals surface area contributed by atoms with Gasteiger partial charge in [0.2, 0.25) is 5.91 Å². The van der Waals surface area contributed by atoms with Gasteiger partial charge in [-0.25, -0.2) is 4.79 Å². The summed E-state index contributed by atoms with van der Waals surface area (Å²) in [6.07, 6.45) is 0.617. The van der Waals surface area contributed by atoms with Crippen molar-refractivity contribution in [3.05, 3.63) is 63.5 Å². The van der Waals surface area contributed by atoms with Gasteiger partial charge in [0.05, 0.1) is 36.0 Å². The number of hydrogen-bond donors (Lipinski definition) is 3. The third kappa shape index (κ3) is 3.32. The Balaban J connectivity index is 1.56. The van der Waals surface area contributed by atoms with Crippen molar-refractivity contribution in [2.75, 3.05) is 6.54 Å². The average molecular weight is 396 g/mol. The molecule has 7 nitrogen and oxygen atoms in total. The van der Waals surface area contributed by atoms with Crippen LogP contribution in [0.5, 0.6) is 0 Å². The Labute approximate surface area is 165 Å². The van der Waals surface area contributed by atoms with Crippen LogP contribution >= 0.6 is 11.3 Å². The van der Waals surface area contributed by atoms with E-state index in [1.54, 1.807) is 35.6 Å². The first-order valence-electron chi connectivity index (χ1n) is 9.00. The fourth-order valence-electron chi connectivity index (χ4n) is 3.57. The zero-order valence-electron chi connectivity index (χ0n) is 15.1. The normalized spacial score (nSPS) is 14.1. The van der Waals surface area contributed by atoms with Crippen molar-refractivity contribution < 1.29 is 14.7 Å². The van der Waals surface area contributed by atoms with Crippen molar-refractivity contribution in [2.45, 2.75) is 25.4 Å². The third-order valence-corrected chi connectivity index (χ3v) is 5.99. The summed E-state index contributed by atoms with van der Waals surface area (Å²) in [5.41, 5.74) is 9.46. The molecule has 0 spiro atoms. The highest BCUT2D eigenvalue weighted by Gasteiger charge is 2.33. The maximum absolute atomic E-state index is 13.1. The monoisotopic (exact) mass is 396 g/mol. The van der Waals surface area contributed by atoms with Gasteiger partial charge in [-0.05, 0) is 36.5 Å². The first-order chi connectivity index (χ1) is 13.6. The lowest BCUT2D eigenvalue weighted by molar-refractivity contribution is -0.133. The minimum Gasteiger partial charge on any atom is -0.478 e. The molecule has 3 heterocycles. The Morgan fingerprint density at radius 3 is 2.68 bits per heavy atom. The number of aromatic nitrogens is 2. The second kappa shape index (κ2) is 7.57. The van der Waals surface area contributed by atoms with E-state index in [2.05, 4.69) is 10.2 Å². The van der Waals surface area contributed by atoms with Crippen molar-refractivity contribution in [1.29, 1.82) is 0 Å². The van der Waals surface area contributed by atoms with E-state index in [1.807, 2.05) is 22.4 Å². The summed E-state index contributed by atoms with van der Waals surface area (Å²) in [6.45, 7) is 1.42. The highest BCUT2D eigenvalue weighted by molar-refractivity contribution is 7.10. The number of thiophene rings is 1. The molecular weight excluding hydrogens is 376 g/mol. The van der Waals surface area contributed by atoms with E-state index in [0.717, 1.165) is 27.4 Å². The minimum absolute atomic E-state index is 0.0738. The van der Waals surface area contributed by atoms with Gasteiger partial charge in [-0.1, -0.05) is 18.2 Å². The maximum atomic E-state index is 13.1. The maximum Gasteiger partial charge on any atom is 0.335 e. The second-order valence-corrected chi connectivity index (χ2v) is 7.73. The average Bonchev–Trinajstić information content (AvgIpc) is 3.42. The molecule has 0 saturated carbocycles. The van der Waals surface area contributed by atoms with E-state index in [9.17, 15) is 9.59 Å². The number of nitrogens with one attached hydrogen (secondary N) is 1. The molecule has 1 amide bonds. The number of benzene rings is 1. The second-order valence-electron chi connectivity index (χ2n) is 6.75. The van der Waals surface area contributed by atoms with E-state index in [-0.39, 0.29) is 17.4 Å². The predicted octanol–water partition coefficient (Wildman–Crippen LogP) is 2.81. The molecule has 1 aliphatic heterocycles. The summed E-state index contributed by atoms with van der Waals surface area (Å²) in [4.78, 5) is 27.1. The number of nitrogens with two attached hydrogens (primary N) is 1. The molecule has 8 heteroatoms. The molecule has 3 aromatic rings. The zero-order valence-corrected chi connectivity index (χ0v) is 15.9. The van der Waals surface area contributed by atoms with Crippen molar-refractivity contribution in [3.63, 3.8) is 0 Å². The zero-order chi connectivity index (χ0) is 19.7. The SMILES string of the molecule is NCCC(C(=O)N1Cc2[nH]nc(-c3ccc(C(=O)O)cc3)c2C1)c1cccs1. The van der Waals surface area contributed by atoms with Gasteiger partial charge in [-0.2, -0.15) is 5.10 Å². The van der Waals surface area contributed by atoms with Crippen LogP contribution in [0, 0.1) is 0 Å². The fourth-order valence-corrected chi connectivity index (χ4v) is 4.42. The smallest absolute Gasteiger partial charge is 0.335 e. The number of carbonyl (C=O) groups excluding carboxylic acids is 1. The minimum atomic E-state index is -0.963. The fraction of sp³-hybridized carbons (Fsp3) is 0.250. The summed E-state index contributed by atoms with van der Waals surface area (Å²) in [5, 5.41) is 18.4. The van der Waals surface area contributed by atoms with Gasteiger partial charge < -0.3 is 15.7 Å².